The molecule has 1 N–H and O–H groups in total. The number of hydrogen-bond acceptors (Lipinski definition) is 5. The molecule has 0 saturated carbocycles. The molecule has 1 amide bonds. The van der Waals surface area contributed by atoms with Crippen LogP contribution in [0.2, 0.25) is 0 Å². The summed E-state index contributed by atoms with van der Waals surface area (Å²) in [5.74, 6) is 0.932. The van der Waals surface area contributed by atoms with Gasteiger partial charge in [-0.3, -0.25) is 9.69 Å². The number of thioether (sulfide) groups is 1. The molecule has 138 valence electrons. The largest absolute Gasteiger partial charge is 0.495 e. The van der Waals surface area contributed by atoms with E-state index in [1.54, 1.807) is 18.9 Å². The molecule has 5 nitrogen and oxygen atoms in total. The van der Waals surface area contributed by atoms with Gasteiger partial charge in [-0.05, 0) is 36.6 Å². The maximum absolute atomic E-state index is 12.3. The molecular formula is C20H25N3O2S. The first-order valence-corrected chi connectivity index (χ1v) is 9.96. The monoisotopic (exact) mass is 371 g/mol. The minimum atomic E-state index is 0.0361. The fourth-order valence-corrected chi connectivity index (χ4v) is 3.60. The maximum atomic E-state index is 12.3. The van der Waals surface area contributed by atoms with Crippen molar-refractivity contribution in [3.63, 3.8) is 0 Å². The van der Waals surface area contributed by atoms with Gasteiger partial charge in [-0.15, -0.1) is 11.8 Å². The highest BCUT2D eigenvalue weighted by Crippen LogP contribution is 2.28. The van der Waals surface area contributed by atoms with Crippen molar-refractivity contribution >= 4 is 29.0 Å². The van der Waals surface area contributed by atoms with E-state index in [9.17, 15) is 4.79 Å². The molecule has 26 heavy (non-hydrogen) atoms. The number of methoxy groups -OCH3 is 1. The second-order valence-electron chi connectivity index (χ2n) is 6.22. The minimum Gasteiger partial charge on any atom is -0.495 e. The number of amides is 1. The van der Waals surface area contributed by atoms with Crippen LogP contribution in [-0.2, 0) is 4.79 Å². The molecule has 1 fully saturated rings. The van der Waals surface area contributed by atoms with E-state index < -0.39 is 0 Å². The van der Waals surface area contributed by atoms with Crippen LogP contribution in [0.15, 0.2) is 53.4 Å². The Morgan fingerprint density at radius 1 is 1.12 bits per heavy atom. The van der Waals surface area contributed by atoms with E-state index in [-0.39, 0.29) is 5.91 Å². The lowest BCUT2D eigenvalue weighted by molar-refractivity contribution is -0.117. The molecule has 0 aliphatic carbocycles. The normalized spacial score (nSPS) is 14.9. The molecule has 3 rings (SSSR count). The molecule has 1 aliphatic rings. The van der Waals surface area contributed by atoms with Crippen molar-refractivity contribution in [1.82, 2.24) is 4.90 Å². The molecular weight excluding hydrogens is 346 g/mol. The lowest BCUT2D eigenvalue weighted by Gasteiger charge is -2.36. The van der Waals surface area contributed by atoms with Gasteiger partial charge in [-0.2, -0.15) is 0 Å². The standard InChI is InChI=1S/C20H25N3O2S/c1-25-19-9-4-3-8-18(19)23-12-10-22(11-13-23)15-20(24)21-16-6-5-7-17(14-16)26-2/h3-9,14H,10-13,15H2,1-2H3,(H,21,24). The molecule has 0 bridgehead atoms. The molecule has 2 aromatic rings. The zero-order valence-electron chi connectivity index (χ0n) is 15.3. The van der Waals surface area contributed by atoms with Gasteiger partial charge in [0.25, 0.3) is 0 Å². The Bertz CT molecular complexity index is 745. The Balaban J connectivity index is 1.51. The van der Waals surface area contributed by atoms with E-state index in [1.807, 2.05) is 48.7 Å². The van der Waals surface area contributed by atoms with Crippen molar-refractivity contribution in [3.05, 3.63) is 48.5 Å². The Labute approximate surface area is 159 Å². The Morgan fingerprint density at radius 2 is 1.88 bits per heavy atom. The van der Waals surface area contributed by atoms with Crippen LogP contribution < -0.4 is 15.0 Å². The summed E-state index contributed by atoms with van der Waals surface area (Å²) in [7, 11) is 1.70. The van der Waals surface area contributed by atoms with Gasteiger partial charge in [0.2, 0.25) is 5.91 Å². The average molecular weight is 372 g/mol. The average Bonchev–Trinajstić information content (AvgIpc) is 2.68. The second-order valence-corrected chi connectivity index (χ2v) is 7.09. The van der Waals surface area contributed by atoms with Crippen molar-refractivity contribution in [3.8, 4) is 5.75 Å². The van der Waals surface area contributed by atoms with Crippen LogP contribution >= 0.6 is 11.8 Å². The SMILES string of the molecule is COc1ccccc1N1CCN(CC(=O)Nc2cccc(SC)c2)CC1. The Kier molecular flexibility index (Phi) is 6.41. The lowest BCUT2D eigenvalue weighted by atomic mass is 10.2. The molecule has 0 aromatic heterocycles. The van der Waals surface area contributed by atoms with Crippen LogP contribution in [0, 0.1) is 0 Å². The number of para-hydroxylation sites is 2. The van der Waals surface area contributed by atoms with E-state index in [4.69, 9.17) is 4.74 Å². The van der Waals surface area contributed by atoms with Gasteiger partial charge in [0.05, 0.1) is 19.3 Å². The molecule has 0 unspecified atom stereocenters. The molecule has 1 saturated heterocycles. The van der Waals surface area contributed by atoms with Crippen molar-refractivity contribution in [2.75, 3.05) is 56.3 Å². The molecule has 0 radical (unpaired) electrons. The quantitative estimate of drug-likeness (QED) is 0.790. The van der Waals surface area contributed by atoms with E-state index in [0.717, 1.165) is 48.2 Å². The summed E-state index contributed by atoms with van der Waals surface area (Å²) in [6.45, 7) is 3.90. The summed E-state index contributed by atoms with van der Waals surface area (Å²) in [5.41, 5.74) is 1.97. The highest BCUT2D eigenvalue weighted by molar-refractivity contribution is 7.98. The fourth-order valence-electron chi connectivity index (χ4n) is 3.14. The molecule has 2 aromatic carbocycles. The topological polar surface area (TPSA) is 44.8 Å². The molecule has 0 atom stereocenters. The van der Waals surface area contributed by atoms with Crippen LogP contribution in [0.5, 0.6) is 5.75 Å². The van der Waals surface area contributed by atoms with Crippen LogP contribution in [0.25, 0.3) is 0 Å². The lowest BCUT2D eigenvalue weighted by Crippen LogP contribution is -2.48. The number of carbonyl (C=O) groups is 1. The predicted octanol–water partition coefficient (Wildman–Crippen LogP) is 3.18. The van der Waals surface area contributed by atoms with Gasteiger partial charge in [0.15, 0.2) is 0 Å². The van der Waals surface area contributed by atoms with Crippen LogP contribution in [0.4, 0.5) is 11.4 Å². The number of nitrogens with zero attached hydrogens (tertiary/aromatic N) is 2. The van der Waals surface area contributed by atoms with E-state index in [2.05, 4.69) is 21.2 Å². The first-order valence-electron chi connectivity index (χ1n) is 8.74. The third-order valence-corrected chi connectivity index (χ3v) is 5.24. The number of piperazine rings is 1. The van der Waals surface area contributed by atoms with Gasteiger partial charge in [0.1, 0.15) is 5.75 Å². The van der Waals surface area contributed by atoms with Crippen LogP contribution in [-0.4, -0.2) is 56.9 Å². The number of rotatable bonds is 6. The zero-order chi connectivity index (χ0) is 18.4. The van der Waals surface area contributed by atoms with E-state index >= 15 is 0 Å². The summed E-state index contributed by atoms with van der Waals surface area (Å²) in [4.78, 5) is 18.0. The molecule has 0 spiro atoms. The van der Waals surface area contributed by atoms with E-state index in [1.165, 1.54) is 0 Å². The van der Waals surface area contributed by atoms with Gasteiger partial charge in [0, 0.05) is 36.8 Å². The van der Waals surface area contributed by atoms with E-state index in [0.29, 0.717) is 6.54 Å². The van der Waals surface area contributed by atoms with Crippen molar-refractivity contribution in [2.45, 2.75) is 4.90 Å². The van der Waals surface area contributed by atoms with Gasteiger partial charge < -0.3 is 15.0 Å². The number of ether oxygens (including phenoxy) is 1. The van der Waals surface area contributed by atoms with Crippen LogP contribution in [0.3, 0.4) is 0 Å². The van der Waals surface area contributed by atoms with Crippen molar-refractivity contribution in [1.29, 1.82) is 0 Å². The zero-order valence-corrected chi connectivity index (χ0v) is 16.1. The number of benzene rings is 2. The highest BCUT2D eigenvalue weighted by Gasteiger charge is 2.21. The highest BCUT2D eigenvalue weighted by atomic mass is 32.2. The first kappa shape index (κ1) is 18.6. The third kappa shape index (κ3) is 4.71. The Hall–Kier alpha value is -2.18. The predicted molar refractivity (Wildman–Crippen MR) is 108 cm³/mol. The summed E-state index contributed by atoms with van der Waals surface area (Å²) in [6, 6.07) is 16.0. The smallest absolute Gasteiger partial charge is 0.238 e. The second kappa shape index (κ2) is 8.96. The van der Waals surface area contributed by atoms with Gasteiger partial charge in [-0.25, -0.2) is 0 Å². The molecule has 1 aliphatic heterocycles. The third-order valence-electron chi connectivity index (χ3n) is 4.52. The summed E-state index contributed by atoms with van der Waals surface area (Å²) < 4.78 is 5.45. The van der Waals surface area contributed by atoms with Crippen molar-refractivity contribution < 1.29 is 9.53 Å². The molecule has 6 heteroatoms. The summed E-state index contributed by atoms with van der Waals surface area (Å²) in [5, 5.41) is 3.00. The van der Waals surface area contributed by atoms with Gasteiger partial charge in [-0.1, -0.05) is 18.2 Å². The maximum Gasteiger partial charge on any atom is 0.238 e. The van der Waals surface area contributed by atoms with Gasteiger partial charge >= 0.3 is 0 Å². The van der Waals surface area contributed by atoms with Crippen LogP contribution in [0.1, 0.15) is 0 Å². The number of anilines is 2. The Morgan fingerprint density at radius 3 is 2.62 bits per heavy atom. The first-order chi connectivity index (χ1) is 12.7. The number of nitrogens with one attached hydrogen (secondary N) is 1. The number of carbonyl (C=O) groups excluding carboxylic acids is 1. The minimum absolute atomic E-state index is 0.0361. The van der Waals surface area contributed by atoms with Crippen molar-refractivity contribution in [2.24, 2.45) is 0 Å². The fraction of sp³-hybridized carbons (Fsp3) is 0.350. The summed E-state index contributed by atoms with van der Waals surface area (Å²) in [6.07, 6.45) is 2.03. The molecule has 1 heterocycles. The number of hydrogen-bond donors (Lipinski definition) is 1. The summed E-state index contributed by atoms with van der Waals surface area (Å²) >= 11 is 1.67.